The van der Waals surface area contributed by atoms with Crippen molar-refractivity contribution < 1.29 is 14.2 Å². The van der Waals surface area contributed by atoms with Crippen LogP contribution in [0.4, 0.5) is 10.9 Å². The number of ether oxygens (including phenoxy) is 3. The fourth-order valence-corrected chi connectivity index (χ4v) is 4.54. The van der Waals surface area contributed by atoms with Gasteiger partial charge in [-0.05, 0) is 25.8 Å². The number of methoxy groups -OCH3 is 1. The van der Waals surface area contributed by atoms with Gasteiger partial charge in [-0.25, -0.2) is 15.0 Å². The molecule has 3 heterocycles. The topological polar surface area (TPSA) is 81.6 Å². The largest absolute Gasteiger partial charge is 0.493 e. The molecule has 31 heavy (non-hydrogen) atoms. The van der Waals surface area contributed by atoms with Crippen LogP contribution in [0, 0.1) is 6.92 Å². The van der Waals surface area contributed by atoms with Gasteiger partial charge in [-0.2, -0.15) is 0 Å². The Bertz CT molecular complexity index is 1020. The molecule has 8 nitrogen and oxygen atoms in total. The molecule has 0 amide bonds. The number of aryl methyl sites for hydroxylation is 2. The lowest BCUT2D eigenvalue weighted by Crippen LogP contribution is -2.37. The number of hydrogen-bond acceptors (Lipinski definition) is 9. The van der Waals surface area contributed by atoms with Crippen LogP contribution in [0.3, 0.4) is 0 Å². The lowest BCUT2D eigenvalue weighted by atomic mass is 10.2. The third-order valence-corrected chi connectivity index (χ3v) is 6.28. The zero-order valence-corrected chi connectivity index (χ0v) is 19.1. The summed E-state index contributed by atoms with van der Waals surface area (Å²) in [5, 5.41) is 5.04. The predicted octanol–water partition coefficient (Wildman–Crippen LogP) is 3.81. The van der Waals surface area contributed by atoms with Crippen molar-refractivity contribution >= 4 is 33.2 Å². The minimum atomic E-state index is 0.619. The van der Waals surface area contributed by atoms with Gasteiger partial charge in [0.15, 0.2) is 16.6 Å². The van der Waals surface area contributed by atoms with Crippen molar-refractivity contribution in [3.05, 3.63) is 29.0 Å². The van der Waals surface area contributed by atoms with E-state index in [0.29, 0.717) is 23.9 Å². The van der Waals surface area contributed by atoms with Crippen LogP contribution in [0.1, 0.15) is 23.9 Å². The van der Waals surface area contributed by atoms with Gasteiger partial charge >= 0.3 is 0 Å². The number of nitrogens with one attached hydrogen (secondary N) is 1. The maximum Gasteiger partial charge on any atom is 0.188 e. The summed E-state index contributed by atoms with van der Waals surface area (Å²) in [5.74, 6) is 2.07. The highest BCUT2D eigenvalue weighted by atomic mass is 32.1. The van der Waals surface area contributed by atoms with Crippen LogP contribution in [0.2, 0.25) is 0 Å². The van der Waals surface area contributed by atoms with Crippen molar-refractivity contribution in [3.63, 3.8) is 0 Å². The minimum Gasteiger partial charge on any atom is -0.493 e. The third kappa shape index (κ3) is 5.23. The summed E-state index contributed by atoms with van der Waals surface area (Å²) in [6.45, 7) is 9.43. The second-order valence-corrected chi connectivity index (χ2v) is 8.60. The Hall–Kier alpha value is -2.49. The fraction of sp³-hybridized carbons (Fsp3) is 0.500. The number of fused-ring (bicyclic) bond motifs is 1. The Morgan fingerprint density at radius 3 is 2.77 bits per heavy atom. The molecule has 166 valence electrons. The molecular formula is C22H29N5O3S. The monoisotopic (exact) mass is 443 g/mol. The smallest absolute Gasteiger partial charge is 0.188 e. The molecule has 1 aliphatic heterocycles. The maximum absolute atomic E-state index is 6.04. The van der Waals surface area contributed by atoms with Crippen LogP contribution in [0.5, 0.6) is 11.5 Å². The van der Waals surface area contributed by atoms with E-state index in [1.165, 1.54) is 4.88 Å². The van der Waals surface area contributed by atoms with Gasteiger partial charge in [0.05, 0.1) is 38.1 Å². The minimum absolute atomic E-state index is 0.619. The second kappa shape index (κ2) is 10.2. The Morgan fingerprint density at radius 1 is 1.19 bits per heavy atom. The number of morpholine rings is 1. The molecule has 1 N–H and O–H groups in total. The van der Waals surface area contributed by atoms with E-state index >= 15 is 0 Å². The van der Waals surface area contributed by atoms with E-state index in [4.69, 9.17) is 14.2 Å². The van der Waals surface area contributed by atoms with Gasteiger partial charge in [0.2, 0.25) is 0 Å². The SMILES string of the molecule is CCc1nc(Nc2ncnc3cc(OCCCN4CCOCC4)c(OC)cc23)sc1C. The predicted molar refractivity (Wildman–Crippen MR) is 123 cm³/mol. The van der Waals surface area contributed by atoms with Crippen LogP contribution >= 0.6 is 11.3 Å². The normalized spacial score (nSPS) is 14.7. The van der Waals surface area contributed by atoms with Crippen LogP contribution in [0.15, 0.2) is 18.5 Å². The number of benzene rings is 1. The van der Waals surface area contributed by atoms with Crippen LogP contribution in [-0.4, -0.2) is 66.4 Å². The van der Waals surface area contributed by atoms with Crippen molar-refractivity contribution in [3.8, 4) is 11.5 Å². The molecule has 1 aromatic carbocycles. The molecular weight excluding hydrogens is 414 g/mol. The van der Waals surface area contributed by atoms with Crippen LogP contribution in [-0.2, 0) is 11.2 Å². The highest BCUT2D eigenvalue weighted by molar-refractivity contribution is 7.15. The standard InChI is InChI=1S/C22H29N5O3S/c1-4-17-15(2)31-22(25-17)26-21-16-12-19(28-3)20(13-18(16)23-14-24-21)30-9-5-6-27-7-10-29-11-8-27/h12-14H,4-11H2,1-3H3,(H,23,24,25,26). The zero-order valence-electron chi connectivity index (χ0n) is 18.3. The number of hydrogen-bond donors (Lipinski definition) is 1. The average molecular weight is 444 g/mol. The molecule has 0 saturated carbocycles. The maximum atomic E-state index is 6.04. The van der Waals surface area contributed by atoms with E-state index in [9.17, 15) is 0 Å². The van der Waals surface area contributed by atoms with Crippen molar-refractivity contribution in [2.75, 3.05) is 51.9 Å². The van der Waals surface area contributed by atoms with E-state index in [-0.39, 0.29) is 0 Å². The summed E-state index contributed by atoms with van der Waals surface area (Å²) in [6, 6.07) is 3.84. The molecule has 1 saturated heterocycles. The van der Waals surface area contributed by atoms with Crippen molar-refractivity contribution in [1.82, 2.24) is 19.9 Å². The highest BCUT2D eigenvalue weighted by Crippen LogP contribution is 2.35. The molecule has 1 aliphatic rings. The molecule has 0 aliphatic carbocycles. The highest BCUT2D eigenvalue weighted by Gasteiger charge is 2.14. The lowest BCUT2D eigenvalue weighted by Gasteiger charge is -2.26. The summed E-state index contributed by atoms with van der Waals surface area (Å²) in [4.78, 5) is 17.1. The first-order chi connectivity index (χ1) is 15.2. The van der Waals surface area contributed by atoms with E-state index < -0.39 is 0 Å². The molecule has 0 spiro atoms. The Labute approximate surface area is 186 Å². The van der Waals surface area contributed by atoms with E-state index in [2.05, 4.69) is 39.0 Å². The summed E-state index contributed by atoms with van der Waals surface area (Å²) < 4.78 is 17.0. The molecule has 0 bridgehead atoms. The summed E-state index contributed by atoms with van der Waals surface area (Å²) in [6.07, 6.45) is 3.41. The zero-order chi connectivity index (χ0) is 21.6. The van der Waals surface area contributed by atoms with Gasteiger partial charge in [-0.15, -0.1) is 11.3 Å². The summed E-state index contributed by atoms with van der Waals surface area (Å²) >= 11 is 1.63. The van der Waals surface area contributed by atoms with Crippen LogP contribution < -0.4 is 14.8 Å². The van der Waals surface area contributed by atoms with Gasteiger partial charge in [0, 0.05) is 36.0 Å². The lowest BCUT2D eigenvalue weighted by molar-refractivity contribution is 0.0357. The van der Waals surface area contributed by atoms with Gasteiger partial charge in [-0.3, -0.25) is 4.90 Å². The van der Waals surface area contributed by atoms with Crippen LogP contribution in [0.25, 0.3) is 10.9 Å². The number of thiazole rings is 1. The second-order valence-electron chi connectivity index (χ2n) is 7.40. The van der Waals surface area contributed by atoms with Gasteiger partial charge in [0.1, 0.15) is 12.1 Å². The molecule has 0 unspecified atom stereocenters. The molecule has 1 fully saturated rings. The first-order valence-electron chi connectivity index (χ1n) is 10.7. The molecule has 0 atom stereocenters. The van der Waals surface area contributed by atoms with E-state index in [1.54, 1.807) is 24.8 Å². The molecule has 0 radical (unpaired) electrons. The molecule has 3 aromatic rings. The molecule has 2 aromatic heterocycles. The van der Waals surface area contributed by atoms with Crippen molar-refractivity contribution in [2.45, 2.75) is 26.7 Å². The Kier molecular flexibility index (Phi) is 7.16. The Balaban J connectivity index is 1.48. The first-order valence-corrected chi connectivity index (χ1v) is 11.5. The van der Waals surface area contributed by atoms with Gasteiger partial charge < -0.3 is 19.5 Å². The van der Waals surface area contributed by atoms with Gasteiger partial charge in [0.25, 0.3) is 0 Å². The fourth-order valence-electron chi connectivity index (χ4n) is 3.64. The number of aromatic nitrogens is 3. The average Bonchev–Trinajstić information content (AvgIpc) is 3.16. The van der Waals surface area contributed by atoms with Crippen molar-refractivity contribution in [1.29, 1.82) is 0 Å². The molecule has 9 heteroatoms. The quantitative estimate of drug-likeness (QED) is 0.500. The van der Waals surface area contributed by atoms with Crippen molar-refractivity contribution in [2.24, 2.45) is 0 Å². The summed E-state index contributed by atoms with van der Waals surface area (Å²) in [5.41, 5.74) is 1.90. The van der Waals surface area contributed by atoms with E-state index in [0.717, 1.165) is 67.4 Å². The molecule has 4 rings (SSSR count). The summed E-state index contributed by atoms with van der Waals surface area (Å²) in [7, 11) is 1.65. The van der Waals surface area contributed by atoms with E-state index in [1.807, 2.05) is 12.1 Å². The number of nitrogens with zero attached hydrogens (tertiary/aromatic N) is 4. The third-order valence-electron chi connectivity index (χ3n) is 5.35. The Morgan fingerprint density at radius 2 is 2.03 bits per heavy atom. The number of anilines is 2. The first kappa shape index (κ1) is 21.7. The van der Waals surface area contributed by atoms with Gasteiger partial charge in [-0.1, -0.05) is 6.92 Å². The number of rotatable bonds is 9.